The highest BCUT2D eigenvalue weighted by Gasteiger charge is 2.36. The van der Waals surface area contributed by atoms with Crippen LogP contribution in [0.15, 0.2) is 60.7 Å². The number of rotatable bonds is 9. The van der Waals surface area contributed by atoms with Crippen molar-refractivity contribution in [2.45, 2.75) is 70.7 Å². The molecule has 4 N–H and O–H groups in total. The van der Waals surface area contributed by atoms with Crippen molar-refractivity contribution in [2.24, 2.45) is 11.7 Å². The molecule has 0 saturated carbocycles. The smallest absolute Gasteiger partial charge is 0.411 e. The molecule has 1 fully saturated rings. The van der Waals surface area contributed by atoms with Crippen LogP contribution in [0, 0.1) is 5.92 Å². The van der Waals surface area contributed by atoms with E-state index in [4.69, 9.17) is 25.4 Å². The van der Waals surface area contributed by atoms with Gasteiger partial charge in [0.15, 0.2) is 0 Å². The highest BCUT2D eigenvalue weighted by atomic mass is 16.6. The summed E-state index contributed by atoms with van der Waals surface area (Å²) in [5, 5.41) is 18.0. The first-order chi connectivity index (χ1) is 18.4. The number of benzene rings is 2. The van der Waals surface area contributed by atoms with E-state index in [1.54, 1.807) is 20.8 Å². The van der Waals surface area contributed by atoms with Gasteiger partial charge in [0.05, 0.1) is 6.42 Å². The van der Waals surface area contributed by atoms with Gasteiger partial charge in [-0.3, -0.25) is 14.5 Å². The monoisotopic (exact) mass is 542 g/mol. The second kappa shape index (κ2) is 14.9. The fourth-order valence-corrected chi connectivity index (χ4v) is 4.05. The number of amides is 1. The third-order valence-corrected chi connectivity index (χ3v) is 5.95. The van der Waals surface area contributed by atoms with Crippen LogP contribution in [0.25, 0.3) is 0 Å². The van der Waals surface area contributed by atoms with Crippen molar-refractivity contribution in [3.8, 4) is 0 Å². The van der Waals surface area contributed by atoms with Gasteiger partial charge in [-0.05, 0) is 57.1 Å². The van der Waals surface area contributed by atoms with Gasteiger partial charge in [0.25, 0.3) is 0 Å². The fraction of sp³-hybridized carbons (Fsp3) is 0.448. The molecule has 0 radical (unpaired) electrons. The summed E-state index contributed by atoms with van der Waals surface area (Å²) in [5.41, 5.74) is 7.20. The second-order valence-corrected chi connectivity index (χ2v) is 10.3. The Balaban J connectivity index is 0.000000306. The van der Waals surface area contributed by atoms with Gasteiger partial charge >= 0.3 is 24.0 Å². The van der Waals surface area contributed by atoms with Crippen LogP contribution in [0.2, 0.25) is 0 Å². The van der Waals surface area contributed by atoms with Crippen LogP contribution < -0.4 is 5.73 Å². The summed E-state index contributed by atoms with van der Waals surface area (Å²) in [5.74, 6) is -3.05. The summed E-state index contributed by atoms with van der Waals surface area (Å²) in [4.78, 5) is 47.0. The molecule has 39 heavy (non-hydrogen) atoms. The van der Waals surface area contributed by atoms with Gasteiger partial charge in [-0.15, -0.1) is 0 Å². The van der Waals surface area contributed by atoms with Gasteiger partial charge in [0.1, 0.15) is 24.3 Å². The van der Waals surface area contributed by atoms with E-state index in [-0.39, 0.29) is 13.0 Å². The Morgan fingerprint density at radius 2 is 1.54 bits per heavy atom. The molecular weight excluding hydrogens is 504 g/mol. The Bertz CT molecular complexity index is 1090. The second-order valence-electron chi connectivity index (χ2n) is 10.3. The zero-order valence-corrected chi connectivity index (χ0v) is 22.6. The molecule has 212 valence electrons. The molecule has 1 heterocycles. The summed E-state index contributed by atoms with van der Waals surface area (Å²) < 4.78 is 10.4. The lowest BCUT2D eigenvalue weighted by atomic mass is 9.89. The van der Waals surface area contributed by atoms with Crippen molar-refractivity contribution in [1.29, 1.82) is 0 Å². The molecule has 0 aliphatic carbocycles. The lowest BCUT2D eigenvalue weighted by Gasteiger charge is -2.26. The summed E-state index contributed by atoms with van der Waals surface area (Å²) in [7, 11) is 0. The van der Waals surface area contributed by atoms with Crippen molar-refractivity contribution in [1.82, 2.24) is 4.90 Å². The Labute approximate surface area is 228 Å². The van der Waals surface area contributed by atoms with Crippen LogP contribution >= 0.6 is 0 Å². The van der Waals surface area contributed by atoms with Crippen molar-refractivity contribution < 1.29 is 38.9 Å². The first-order valence-electron chi connectivity index (χ1n) is 12.8. The lowest BCUT2D eigenvalue weighted by molar-refractivity contribution is -0.148. The number of ether oxygens (including phenoxy) is 2. The average Bonchev–Trinajstić information content (AvgIpc) is 3.38. The molecule has 1 unspecified atom stereocenters. The first-order valence-corrected chi connectivity index (χ1v) is 12.8. The SMILES string of the molecule is CC(C)(C)OC(=O)N1CCC[C@H]1C(=O)O.N[C@H](C(=O)OCc1ccccc1)C(CC(=O)O)Cc1ccccc1. The standard InChI is InChI=1S/C19H21NO4.C10H17NO4/c20-18(19(23)24-13-15-9-5-2-6-10-15)16(12-17(21)22)11-14-7-3-1-4-8-14;1-10(2,3)15-9(14)11-6-4-5-7(11)8(12)13/h1-10,16,18H,11-13,20H2,(H,21,22);7H,4-6H2,1-3H3,(H,12,13)/t16?,18-;7-/m00/s1. The van der Waals surface area contributed by atoms with E-state index in [9.17, 15) is 19.2 Å². The molecule has 2 aromatic rings. The van der Waals surface area contributed by atoms with Crippen LogP contribution in [-0.4, -0.2) is 63.3 Å². The van der Waals surface area contributed by atoms with Gasteiger partial charge < -0.3 is 25.4 Å². The quantitative estimate of drug-likeness (QED) is 0.400. The molecular formula is C29H38N2O8. The van der Waals surface area contributed by atoms with E-state index in [0.29, 0.717) is 19.4 Å². The van der Waals surface area contributed by atoms with E-state index in [2.05, 4.69) is 0 Å². The number of hydrogen-bond donors (Lipinski definition) is 3. The Morgan fingerprint density at radius 1 is 0.974 bits per heavy atom. The zero-order valence-electron chi connectivity index (χ0n) is 22.6. The predicted molar refractivity (Wildman–Crippen MR) is 144 cm³/mol. The van der Waals surface area contributed by atoms with Crippen LogP contribution in [0.5, 0.6) is 0 Å². The Morgan fingerprint density at radius 3 is 2.05 bits per heavy atom. The topological polar surface area (TPSA) is 156 Å². The van der Waals surface area contributed by atoms with Gasteiger partial charge in [0.2, 0.25) is 0 Å². The maximum absolute atomic E-state index is 12.2. The number of carboxylic acids is 2. The number of esters is 1. The number of nitrogens with zero attached hydrogens (tertiary/aromatic N) is 1. The lowest BCUT2D eigenvalue weighted by Crippen LogP contribution is -2.43. The zero-order chi connectivity index (χ0) is 29.0. The van der Waals surface area contributed by atoms with E-state index < -0.39 is 47.6 Å². The van der Waals surface area contributed by atoms with Crippen molar-refractivity contribution in [3.63, 3.8) is 0 Å². The molecule has 2 aromatic carbocycles. The molecule has 1 amide bonds. The third kappa shape index (κ3) is 11.2. The number of aliphatic carboxylic acids is 2. The molecule has 10 heteroatoms. The molecule has 3 rings (SSSR count). The number of carbonyl (C=O) groups is 4. The minimum Gasteiger partial charge on any atom is -0.481 e. The summed E-state index contributed by atoms with van der Waals surface area (Å²) >= 11 is 0. The average molecular weight is 543 g/mol. The summed E-state index contributed by atoms with van der Waals surface area (Å²) in [6.07, 6.45) is 0.920. The molecule has 1 aliphatic heterocycles. The summed E-state index contributed by atoms with van der Waals surface area (Å²) in [6.45, 7) is 5.87. The van der Waals surface area contributed by atoms with E-state index in [0.717, 1.165) is 17.5 Å². The van der Waals surface area contributed by atoms with E-state index in [1.807, 2.05) is 60.7 Å². The van der Waals surface area contributed by atoms with Crippen molar-refractivity contribution in [3.05, 3.63) is 71.8 Å². The molecule has 0 bridgehead atoms. The van der Waals surface area contributed by atoms with Gasteiger partial charge in [-0.25, -0.2) is 9.59 Å². The molecule has 1 saturated heterocycles. The third-order valence-electron chi connectivity index (χ3n) is 5.95. The molecule has 0 aromatic heterocycles. The number of likely N-dealkylation sites (tertiary alicyclic amines) is 1. The molecule has 1 aliphatic rings. The maximum atomic E-state index is 12.2. The van der Waals surface area contributed by atoms with Crippen LogP contribution in [-0.2, 0) is 36.9 Å². The summed E-state index contributed by atoms with van der Waals surface area (Å²) in [6, 6.07) is 17.0. The minimum atomic E-state index is -0.984. The molecule has 10 nitrogen and oxygen atoms in total. The largest absolute Gasteiger partial charge is 0.481 e. The number of carboxylic acid groups (broad SMARTS) is 2. The molecule has 0 spiro atoms. The van der Waals surface area contributed by atoms with Crippen LogP contribution in [0.3, 0.4) is 0 Å². The van der Waals surface area contributed by atoms with Crippen LogP contribution in [0.4, 0.5) is 4.79 Å². The van der Waals surface area contributed by atoms with Crippen molar-refractivity contribution >= 4 is 24.0 Å². The fourth-order valence-electron chi connectivity index (χ4n) is 4.05. The highest BCUT2D eigenvalue weighted by Crippen LogP contribution is 2.21. The van der Waals surface area contributed by atoms with E-state index in [1.165, 1.54) is 4.90 Å². The number of hydrogen-bond acceptors (Lipinski definition) is 7. The van der Waals surface area contributed by atoms with Gasteiger partial charge in [0, 0.05) is 6.54 Å². The normalized spacial score (nSPS) is 16.3. The highest BCUT2D eigenvalue weighted by molar-refractivity contribution is 5.80. The predicted octanol–water partition coefficient (Wildman–Crippen LogP) is 3.86. The Hall–Kier alpha value is -3.92. The van der Waals surface area contributed by atoms with Crippen molar-refractivity contribution in [2.75, 3.05) is 6.54 Å². The Kier molecular flexibility index (Phi) is 11.9. The number of carbonyl (C=O) groups excluding carboxylic acids is 2. The number of nitrogens with two attached hydrogens (primary N) is 1. The maximum Gasteiger partial charge on any atom is 0.411 e. The van der Waals surface area contributed by atoms with Gasteiger partial charge in [-0.1, -0.05) is 60.7 Å². The molecule has 3 atom stereocenters. The minimum absolute atomic E-state index is 0.124. The van der Waals surface area contributed by atoms with E-state index >= 15 is 0 Å². The first kappa shape index (κ1) is 31.3. The van der Waals surface area contributed by atoms with Crippen LogP contribution in [0.1, 0.15) is 51.2 Å². The van der Waals surface area contributed by atoms with Gasteiger partial charge in [-0.2, -0.15) is 0 Å².